The van der Waals surface area contributed by atoms with Crippen molar-refractivity contribution in [2.24, 2.45) is 14.1 Å². The third-order valence-corrected chi connectivity index (χ3v) is 5.63. The molecule has 3 aromatic rings. The molecule has 3 aromatic heterocycles. The Morgan fingerprint density at radius 1 is 1.17 bits per heavy atom. The molecule has 0 aliphatic carbocycles. The average Bonchev–Trinajstić information content (AvgIpc) is 3.40. The van der Waals surface area contributed by atoms with E-state index in [2.05, 4.69) is 36.2 Å². The molecule has 0 aromatic carbocycles. The molecule has 1 atom stereocenters. The molecule has 0 saturated carbocycles. The van der Waals surface area contributed by atoms with Gasteiger partial charge in [0.05, 0.1) is 6.20 Å². The standard InChI is InChI=1S/C22H28N6O/c1-14(2)21-10-20(25-27(21)5)22(29)28-7-6-16(13-28)19-9-17(8-15(3)24-19)18-11-23-26(4)12-18/h8-12,14,16H,6-7,13H2,1-5H3. The molecule has 1 amide bonds. The quantitative estimate of drug-likeness (QED) is 0.683. The predicted octanol–water partition coefficient (Wildman–Crippen LogP) is 3.28. The van der Waals surface area contributed by atoms with Crippen molar-refractivity contribution >= 4 is 5.91 Å². The zero-order chi connectivity index (χ0) is 20.7. The van der Waals surface area contributed by atoms with Crippen molar-refractivity contribution < 1.29 is 4.79 Å². The fraction of sp³-hybridized carbons (Fsp3) is 0.455. The minimum Gasteiger partial charge on any atom is -0.337 e. The Hall–Kier alpha value is -2.96. The minimum absolute atomic E-state index is 0.00939. The second kappa shape index (κ2) is 7.46. The largest absolute Gasteiger partial charge is 0.337 e. The van der Waals surface area contributed by atoms with Gasteiger partial charge in [-0.15, -0.1) is 0 Å². The number of carbonyl (C=O) groups is 1. The van der Waals surface area contributed by atoms with E-state index in [1.807, 2.05) is 49.1 Å². The van der Waals surface area contributed by atoms with E-state index in [1.54, 1.807) is 4.68 Å². The third-order valence-electron chi connectivity index (χ3n) is 5.63. The Kier molecular flexibility index (Phi) is 4.98. The van der Waals surface area contributed by atoms with Crippen LogP contribution in [0.4, 0.5) is 0 Å². The van der Waals surface area contributed by atoms with Gasteiger partial charge in [-0.2, -0.15) is 10.2 Å². The van der Waals surface area contributed by atoms with E-state index >= 15 is 0 Å². The maximum atomic E-state index is 13.0. The van der Waals surface area contributed by atoms with Crippen LogP contribution < -0.4 is 0 Å². The van der Waals surface area contributed by atoms with Gasteiger partial charge in [0, 0.05) is 61.9 Å². The van der Waals surface area contributed by atoms with Gasteiger partial charge in [0.25, 0.3) is 5.91 Å². The van der Waals surface area contributed by atoms with Crippen molar-refractivity contribution in [1.29, 1.82) is 0 Å². The topological polar surface area (TPSA) is 68.8 Å². The van der Waals surface area contributed by atoms with Gasteiger partial charge >= 0.3 is 0 Å². The lowest BCUT2D eigenvalue weighted by Gasteiger charge is -2.16. The van der Waals surface area contributed by atoms with E-state index in [0.717, 1.165) is 41.2 Å². The summed E-state index contributed by atoms with van der Waals surface area (Å²) in [5.41, 5.74) is 5.84. The number of nitrogens with zero attached hydrogens (tertiary/aromatic N) is 6. The van der Waals surface area contributed by atoms with Crippen LogP contribution in [0.5, 0.6) is 0 Å². The summed E-state index contributed by atoms with van der Waals surface area (Å²) in [5.74, 6) is 0.584. The first kappa shape index (κ1) is 19.4. The first-order valence-corrected chi connectivity index (χ1v) is 10.1. The lowest BCUT2D eigenvalue weighted by molar-refractivity contribution is 0.0784. The number of aryl methyl sites for hydroxylation is 3. The molecule has 0 bridgehead atoms. The number of hydrogen-bond acceptors (Lipinski definition) is 4. The summed E-state index contributed by atoms with van der Waals surface area (Å²) in [6.45, 7) is 7.65. The molecular weight excluding hydrogens is 364 g/mol. The second-order valence-corrected chi connectivity index (χ2v) is 8.29. The van der Waals surface area contributed by atoms with E-state index in [0.29, 0.717) is 18.2 Å². The summed E-state index contributed by atoms with van der Waals surface area (Å²) in [5, 5.41) is 8.72. The van der Waals surface area contributed by atoms with Crippen molar-refractivity contribution in [3.63, 3.8) is 0 Å². The Morgan fingerprint density at radius 2 is 1.97 bits per heavy atom. The predicted molar refractivity (Wildman–Crippen MR) is 112 cm³/mol. The summed E-state index contributed by atoms with van der Waals surface area (Å²) in [6, 6.07) is 6.14. The van der Waals surface area contributed by atoms with Crippen molar-refractivity contribution in [1.82, 2.24) is 29.4 Å². The lowest BCUT2D eigenvalue weighted by Crippen LogP contribution is -2.29. The van der Waals surface area contributed by atoms with Crippen molar-refractivity contribution in [2.45, 2.75) is 39.0 Å². The molecule has 1 saturated heterocycles. The van der Waals surface area contributed by atoms with Crippen molar-refractivity contribution in [2.75, 3.05) is 13.1 Å². The molecule has 1 aliphatic rings. The van der Waals surface area contributed by atoms with E-state index in [-0.39, 0.29) is 11.8 Å². The highest BCUT2D eigenvalue weighted by Gasteiger charge is 2.30. The maximum absolute atomic E-state index is 13.0. The SMILES string of the molecule is Cc1cc(-c2cnn(C)c2)cc(C2CCN(C(=O)c3cc(C(C)C)n(C)n3)C2)n1. The Morgan fingerprint density at radius 3 is 2.62 bits per heavy atom. The fourth-order valence-corrected chi connectivity index (χ4v) is 4.12. The van der Waals surface area contributed by atoms with Gasteiger partial charge in [-0.1, -0.05) is 13.8 Å². The van der Waals surface area contributed by atoms with Crippen LogP contribution in [0.1, 0.15) is 59.7 Å². The van der Waals surface area contributed by atoms with Crippen LogP contribution in [0.15, 0.2) is 30.6 Å². The summed E-state index contributed by atoms with van der Waals surface area (Å²) in [6.07, 6.45) is 4.80. The highest BCUT2D eigenvalue weighted by Crippen LogP contribution is 2.30. The molecule has 0 N–H and O–H groups in total. The molecule has 29 heavy (non-hydrogen) atoms. The van der Waals surface area contributed by atoms with E-state index in [1.165, 1.54) is 0 Å². The molecule has 1 fully saturated rings. The Balaban J connectivity index is 1.53. The first-order valence-electron chi connectivity index (χ1n) is 10.1. The number of amides is 1. The molecule has 1 aliphatic heterocycles. The third kappa shape index (κ3) is 3.81. The average molecular weight is 393 g/mol. The molecule has 7 heteroatoms. The number of hydrogen-bond donors (Lipinski definition) is 0. The normalized spacial score (nSPS) is 16.8. The number of rotatable bonds is 4. The minimum atomic E-state index is 0.00939. The van der Waals surface area contributed by atoms with Gasteiger partial charge < -0.3 is 4.90 Å². The summed E-state index contributed by atoms with van der Waals surface area (Å²) >= 11 is 0. The summed E-state index contributed by atoms with van der Waals surface area (Å²) in [7, 11) is 3.82. The summed E-state index contributed by atoms with van der Waals surface area (Å²) < 4.78 is 3.62. The number of pyridine rings is 1. The van der Waals surface area contributed by atoms with Crippen molar-refractivity contribution in [3.8, 4) is 11.1 Å². The molecular formula is C22H28N6O. The lowest BCUT2D eigenvalue weighted by atomic mass is 10.00. The summed E-state index contributed by atoms with van der Waals surface area (Å²) in [4.78, 5) is 19.7. The number of likely N-dealkylation sites (tertiary alicyclic amines) is 1. The maximum Gasteiger partial charge on any atom is 0.274 e. The van der Waals surface area contributed by atoms with Gasteiger partial charge in [0.2, 0.25) is 0 Å². The van der Waals surface area contributed by atoms with Crippen LogP contribution in [0, 0.1) is 6.92 Å². The molecule has 0 spiro atoms. The van der Waals surface area contributed by atoms with Gasteiger partial charge in [0.15, 0.2) is 5.69 Å². The molecule has 7 nitrogen and oxygen atoms in total. The van der Waals surface area contributed by atoms with Crippen LogP contribution in [-0.2, 0) is 14.1 Å². The Bertz CT molecular complexity index is 1050. The van der Waals surface area contributed by atoms with Gasteiger partial charge in [-0.05, 0) is 43.0 Å². The molecule has 0 radical (unpaired) electrons. The van der Waals surface area contributed by atoms with Crippen LogP contribution in [0.2, 0.25) is 0 Å². The number of aromatic nitrogens is 5. The first-order chi connectivity index (χ1) is 13.8. The van der Waals surface area contributed by atoms with Gasteiger partial charge in [-0.3, -0.25) is 19.1 Å². The fourth-order valence-electron chi connectivity index (χ4n) is 4.12. The smallest absolute Gasteiger partial charge is 0.274 e. The van der Waals surface area contributed by atoms with Crippen LogP contribution in [0.3, 0.4) is 0 Å². The van der Waals surface area contributed by atoms with E-state index in [9.17, 15) is 4.79 Å². The van der Waals surface area contributed by atoms with Gasteiger partial charge in [-0.25, -0.2) is 0 Å². The highest BCUT2D eigenvalue weighted by atomic mass is 16.2. The highest BCUT2D eigenvalue weighted by molar-refractivity contribution is 5.92. The second-order valence-electron chi connectivity index (χ2n) is 8.29. The zero-order valence-electron chi connectivity index (χ0n) is 17.8. The van der Waals surface area contributed by atoms with E-state index in [4.69, 9.17) is 4.98 Å². The van der Waals surface area contributed by atoms with Crippen LogP contribution >= 0.6 is 0 Å². The van der Waals surface area contributed by atoms with Gasteiger partial charge in [0.1, 0.15) is 0 Å². The zero-order valence-corrected chi connectivity index (χ0v) is 17.8. The van der Waals surface area contributed by atoms with Crippen LogP contribution in [0.25, 0.3) is 11.1 Å². The number of carbonyl (C=O) groups excluding carboxylic acids is 1. The molecule has 152 valence electrons. The van der Waals surface area contributed by atoms with Crippen molar-refractivity contribution in [3.05, 3.63) is 53.4 Å². The molecule has 4 heterocycles. The molecule has 1 unspecified atom stereocenters. The monoisotopic (exact) mass is 392 g/mol. The van der Waals surface area contributed by atoms with E-state index < -0.39 is 0 Å². The molecule has 4 rings (SSSR count). The van der Waals surface area contributed by atoms with Crippen LogP contribution in [-0.4, -0.2) is 48.4 Å². The Labute approximate surface area is 171 Å².